The molecule has 2 amide bonds. The molecule has 0 spiro atoms. The van der Waals surface area contributed by atoms with Gasteiger partial charge in [-0.3, -0.25) is 0 Å². The number of benzene rings is 1. The lowest BCUT2D eigenvalue weighted by atomic mass is 9.95. The van der Waals surface area contributed by atoms with Crippen LogP contribution in [0.5, 0.6) is 0 Å². The fraction of sp³-hybridized carbons (Fsp3) is 0.500. The number of urea groups is 1. The fourth-order valence-electron chi connectivity index (χ4n) is 2.46. The van der Waals surface area contributed by atoms with Crippen molar-refractivity contribution in [1.82, 2.24) is 4.90 Å². The molecule has 0 aromatic heterocycles. The van der Waals surface area contributed by atoms with Gasteiger partial charge < -0.3 is 10.2 Å². The Balaban J connectivity index is 2.05. The predicted octanol–water partition coefficient (Wildman–Crippen LogP) is 5.44. The second kappa shape index (κ2) is 6.88. The molecule has 1 aromatic carbocycles. The molecular weight excluding hydrogens is 319 g/mol. The van der Waals surface area contributed by atoms with Crippen LogP contribution in [-0.2, 0) is 0 Å². The fourth-order valence-corrected chi connectivity index (χ4v) is 3.05. The van der Waals surface area contributed by atoms with Crippen LogP contribution in [0.3, 0.4) is 0 Å². The van der Waals surface area contributed by atoms with Crippen LogP contribution in [0.25, 0.3) is 0 Å². The summed E-state index contributed by atoms with van der Waals surface area (Å²) < 4.78 is 0. The van der Waals surface area contributed by atoms with Gasteiger partial charge in [0, 0.05) is 13.1 Å². The predicted molar refractivity (Wildman–Crippen MR) is 85.1 cm³/mol. The van der Waals surface area contributed by atoms with Crippen molar-refractivity contribution in [2.24, 2.45) is 0 Å². The maximum Gasteiger partial charge on any atom is 0.321 e. The molecule has 1 aliphatic carbocycles. The number of carbonyl (C=O) groups is 1. The van der Waals surface area contributed by atoms with E-state index in [1.807, 2.05) is 7.05 Å². The molecule has 1 fully saturated rings. The Kier molecular flexibility index (Phi) is 5.42. The van der Waals surface area contributed by atoms with E-state index in [4.69, 9.17) is 34.8 Å². The highest BCUT2D eigenvalue weighted by atomic mass is 35.5. The number of nitrogens with one attached hydrogen (secondary N) is 1. The molecule has 1 aliphatic rings. The van der Waals surface area contributed by atoms with Gasteiger partial charge in [-0.15, -0.1) is 0 Å². The normalized spacial score (nSPS) is 16.0. The third-order valence-corrected chi connectivity index (χ3v) is 4.73. The number of halogens is 3. The van der Waals surface area contributed by atoms with Crippen molar-refractivity contribution < 1.29 is 4.79 Å². The lowest BCUT2D eigenvalue weighted by Gasteiger charge is -2.31. The highest BCUT2D eigenvalue weighted by Crippen LogP contribution is 2.32. The van der Waals surface area contributed by atoms with Crippen LogP contribution < -0.4 is 5.32 Å². The molecule has 0 saturated heterocycles. The summed E-state index contributed by atoms with van der Waals surface area (Å²) in [6, 6.07) is 3.23. The molecule has 0 radical (unpaired) electrons. The number of anilines is 1. The Bertz CT molecular complexity index is 501. The van der Waals surface area contributed by atoms with Gasteiger partial charge >= 0.3 is 6.03 Å². The smallest absolute Gasteiger partial charge is 0.321 e. The third-order valence-electron chi connectivity index (χ3n) is 3.69. The Hall–Kier alpha value is -0.640. The molecule has 0 aliphatic heterocycles. The number of carbonyl (C=O) groups excluding carboxylic acids is 1. The minimum Gasteiger partial charge on any atom is -0.325 e. The minimum atomic E-state index is -0.169. The maximum absolute atomic E-state index is 12.2. The monoisotopic (exact) mass is 334 g/mol. The highest BCUT2D eigenvalue weighted by Gasteiger charge is 2.22. The number of amides is 2. The molecule has 3 nitrogen and oxygen atoms in total. The van der Waals surface area contributed by atoms with E-state index in [2.05, 4.69) is 5.32 Å². The number of rotatable bonds is 2. The van der Waals surface area contributed by atoms with E-state index >= 15 is 0 Å². The van der Waals surface area contributed by atoms with Crippen LogP contribution in [0.4, 0.5) is 10.5 Å². The van der Waals surface area contributed by atoms with Gasteiger partial charge in [-0.25, -0.2) is 4.79 Å². The van der Waals surface area contributed by atoms with E-state index in [9.17, 15) is 4.79 Å². The SMILES string of the molecule is CN(C(=O)Nc1cc(Cl)c(Cl)cc1Cl)C1CCCCC1. The van der Waals surface area contributed by atoms with E-state index in [-0.39, 0.29) is 6.03 Å². The van der Waals surface area contributed by atoms with E-state index in [0.29, 0.717) is 26.8 Å². The Morgan fingerprint density at radius 3 is 2.35 bits per heavy atom. The van der Waals surface area contributed by atoms with E-state index in [1.165, 1.54) is 25.3 Å². The number of hydrogen-bond acceptors (Lipinski definition) is 1. The molecule has 1 saturated carbocycles. The van der Waals surface area contributed by atoms with Crippen molar-refractivity contribution in [3.63, 3.8) is 0 Å². The molecular formula is C14H17Cl3N2O. The van der Waals surface area contributed by atoms with E-state index in [1.54, 1.807) is 11.0 Å². The largest absolute Gasteiger partial charge is 0.325 e. The molecule has 110 valence electrons. The summed E-state index contributed by atoms with van der Waals surface area (Å²) in [5.74, 6) is 0. The summed E-state index contributed by atoms with van der Waals surface area (Å²) in [7, 11) is 1.82. The van der Waals surface area contributed by atoms with Gasteiger partial charge in [-0.1, -0.05) is 54.1 Å². The second-order valence-electron chi connectivity index (χ2n) is 5.08. The highest BCUT2D eigenvalue weighted by molar-refractivity contribution is 6.44. The topological polar surface area (TPSA) is 32.3 Å². The summed E-state index contributed by atoms with van der Waals surface area (Å²) in [6.45, 7) is 0. The summed E-state index contributed by atoms with van der Waals surface area (Å²) in [5.41, 5.74) is 0.480. The maximum atomic E-state index is 12.2. The first-order valence-electron chi connectivity index (χ1n) is 6.67. The van der Waals surface area contributed by atoms with Crippen molar-refractivity contribution in [2.75, 3.05) is 12.4 Å². The van der Waals surface area contributed by atoms with Crippen LogP contribution in [0.2, 0.25) is 15.1 Å². The Morgan fingerprint density at radius 2 is 1.70 bits per heavy atom. The van der Waals surface area contributed by atoms with E-state index < -0.39 is 0 Å². The van der Waals surface area contributed by atoms with Crippen LogP contribution in [0.15, 0.2) is 12.1 Å². The molecule has 6 heteroatoms. The molecule has 1 N–H and O–H groups in total. The molecule has 1 aromatic rings. The summed E-state index contributed by atoms with van der Waals surface area (Å²) >= 11 is 17.9. The summed E-state index contributed by atoms with van der Waals surface area (Å²) in [4.78, 5) is 14.0. The van der Waals surface area contributed by atoms with Gasteiger partial charge in [-0.2, -0.15) is 0 Å². The Morgan fingerprint density at radius 1 is 1.10 bits per heavy atom. The second-order valence-corrected chi connectivity index (χ2v) is 6.30. The summed E-state index contributed by atoms with van der Waals surface area (Å²) in [6.07, 6.45) is 5.72. The molecule has 20 heavy (non-hydrogen) atoms. The quantitative estimate of drug-likeness (QED) is 0.717. The van der Waals surface area contributed by atoms with Crippen molar-refractivity contribution in [2.45, 2.75) is 38.1 Å². The van der Waals surface area contributed by atoms with Gasteiger partial charge in [0.25, 0.3) is 0 Å². The molecule has 0 unspecified atom stereocenters. The average Bonchev–Trinajstić information content (AvgIpc) is 2.44. The third kappa shape index (κ3) is 3.72. The van der Waals surface area contributed by atoms with Crippen molar-refractivity contribution in [3.8, 4) is 0 Å². The van der Waals surface area contributed by atoms with Crippen LogP contribution >= 0.6 is 34.8 Å². The Labute approximate surface area is 134 Å². The first-order chi connectivity index (χ1) is 9.49. The van der Waals surface area contributed by atoms with Crippen molar-refractivity contribution >= 4 is 46.5 Å². The standard InChI is InChI=1S/C14H17Cl3N2O/c1-19(9-5-3-2-4-6-9)14(20)18-13-8-11(16)10(15)7-12(13)17/h7-9H,2-6H2,1H3,(H,18,20). The zero-order chi connectivity index (χ0) is 14.7. The first-order valence-corrected chi connectivity index (χ1v) is 7.81. The van der Waals surface area contributed by atoms with E-state index in [0.717, 1.165) is 12.8 Å². The number of nitrogens with zero attached hydrogens (tertiary/aromatic N) is 1. The molecule has 0 heterocycles. The van der Waals surface area contributed by atoms with Gasteiger partial charge in [0.05, 0.1) is 20.8 Å². The summed E-state index contributed by atoms with van der Waals surface area (Å²) in [5, 5.41) is 3.90. The molecule has 0 bridgehead atoms. The lowest BCUT2D eigenvalue weighted by Crippen LogP contribution is -2.40. The van der Waals surface area contributed by atoms with Crippen molar-refractivity contribution in [1.29, 1.82) is 0 Å². The average molecular weight is 336 g/mol. The zero-order valence-corrected chi connectivity index (χ0v) is 13.5. The minimum absolute atomic E-state index is 0.169. The zero-order valence-electron chi connectivity index (χ0n) is 11.3. The van der Waals surface area contributed by atoms with Gasteiger partial charge in [-0.05, 0) is 25.0 Å². The van der Waals surface area contributed by atoms with Crippen LogP contribution in [0.1, 0.15) is 32.1 Å². The van der Waals surface area contributed by atoms with Gasteiger partial charge in [0.15, 0.2) is 0 Å². The van der Waals surface area contributed by atoms with Gasteiger partial charge in [0.1, 0.15) is 0 Å². The first kappa shape index (κ1) is 15.7. The van der Waals surface area contributed by atoms with Gasteiger partial charge in [0.2, 0.25) is 0 Å². The molecule has 0 atom stereocenters. The van der Waals surface area contributed by atoms with Crippen LogP contribution in [-0.4, -0.2) is 24.0 Å². The van der Waals surface area contributed by atoms with Crippen LogP contribution in [0, 0.1) is 0 Å². The lowest BCUT2D eigenvalue weighted by molar-refractivity contribution is 0.186. The van der Waals surface area contributed by atoms with Crippen molar-refractivity contribution in [3.05, 3.63) is 27.2 Å². The number of hydrogen-bond donors (Lipinski definition) is 1. The molecule has 2 rings (SSSR count).